The van der Waals surface area contributed by atoms with Crippen LogP contribution in [-0.2, 0) is 6.54 Å². The summed E-state index contributed by atoms with van der Waals surface area (Å²) in [5.41, 5.74) is 1.43. The highest BCUT2D eigenvalue weighted by molar-refractivity contribution is 9.10. The van der Waals surface area contributed by atoms with Gasteiger partial charge in [-0.3, -0.25) is 4.90 Å². The molecule has 1 aliphatic carbocycles. The molecule has 1 nitrogen and oxygen atoms in total. The minimum absolute atomic E-state index is 0.827. The van der Waals surface area contributed by atoms with Crippen molar-refractivity contribution >= 4 is 15.9 Å². The standard InChI is InChI=1S/C14H20BrN/c1-2-16(14-5-3-4-6-14)11-12-7-9-13(15)10-8-12/h7-10,14H,2-6,11H2,1H3. The van der Waals surface area contributed by atoms with E-state index in [4.69, 9.17) is 0 Å². The van der Waals surface area contributed by atoms with Crippen molar-refractivity contribution in [3.8, 4) is 0 Å². The number of rotatable bonds is 4. The molecular weight excluding hydrogens is 262 g/mol. The van der Waals surface area contributed by atoms with Crippen LogP contribution in [0.3, 0.4) is 0 Å². The number of nitrogens with zero attached hydrogens (tertiary/aromatic N) is 1. The van der Waals surface area contributed by atoms with Gasteiger partial charge in [0.15, 0.2) is 0 Å². The van der Waals surface area contributed by atoms with Crippen molar-refractivity contribution in [2.75, 3.05) is 6.54 Å². The van der Waals surface area contributed by atoms with Crippen LogP contribution < -0.4 is 0 Å². The van der Waals surface area contributed by atoms with Crippen molar-refractivity contribution in [3.05, 3.63) is 34.3 Å². The molecule has 0 heterocycles. The lowest BCUT2D eigenvalue weighted by atomic mass is 10.1. The first-order valence-corrected chi connectivity index (χ1v) is 7.07. The van der Waals surface area contributed by atoms with E-state index in [-0.39, 0.29) is 0 Å². The van der Waals surface area contributed by atoms with E-state index in [2.05, 4.69) is 52.0 Å². The Morgan fingerprint density at radius 2 is 1.81 bits per heavy atom. The van der Waals surface area contributed by atoms with E-state index < -0.39 is 0 Å². The molecule has 0 saturated heterocycles. The maximum Gasteiger partial charge on any atom is 0.0236 e. The number of hydrogen-bond donors (Lipinski definition) is 0. The first-order chi connectivity index (χ1) is 7.79. The Hall–Kier alpha value is -0.340. The first kappa shape index (κ1) is 12.1. The van der Waals surface area contributed by atoms with Crippen LogP contribution in [0, 0.1) is 0 Å². The molecule has 0 atom stereocenters. The maximum absolute atomic E-state index is 3.48. The summed E-state index contributed by atoms with van der Waals surface area (Å²) in [7, 11) is 0. The van der Waals surface area contributed by atoms with E-state index >= 15 is 0 Å². The number of hydrogen-bond acceptors (Lipinski definition) is 1. The van der Waals surface area contributed by atoms with Crippen LogP contribution in [0.4, 0.5) is 0 Å². The summed E-state index contributed by atoms with van der Waals surface area (Å²) in [5.74, 6) is 0. The normalized spacial score (nSPS) is 17.2. The molecule has 1 aromatic carbocycles. The lowest BCUT2D eigenvalue weighted by molar-refractivity contribution is 0.200. The lowest BCUT2D eigenvalue weighted by Gasteiger charge is -2.27. The second-order valence-electron chi connectivity index (χ2n) is 4.63. The summed E-state index contributed by atoms with van der Waals surface area (Å²) in [5, 5.41) is 0. The summed E-state index contributed by atoms with van der Waals surface area (Å²) in [6, 6.07) is 9.55. The summed E-state index contributed by atoms with van der Waals surface area (Å²) in [4.78, 5) is 2.62. The van der Waals surface area contributed by atoms with Crippen molar-refractivity contribution < 1.29 is 0 Å². The Labute approximate surface area is 107 Å². The third-order valence-corrected chi connectivity index (χ3v) is 4.07. The quantitative estimate of drug-likeness (QED) is 0.799. The fourth-order valence-electron chi connectivity index (χ4n) is 2.59. The predicted octanol–water partition coefficient (Wildman–Crippen LogP) is 4.21. The van der Waals surface area contributed by atoms with E-state index in [0.29, 0.717) is 0 Å². The van der Waals surface area contributed by atoms with Crippen molar-refractivity contribution in [2.24, 2.45) is 0 Å². The zero-order valence-corrected chi connectivity index (χ0v) is 11.5. The molecule has 0 aromatic heterocycles. The monoisotopic (exact) mass is 281 g/mol. The van der Waals surface area contributed by atoms with Crippen molar-refractivity contribution in [1.29, 1.82) is 0 Å². The van der Waals surface area contributed by atoms with E-state index in [0.717, 1.165) is 12.6 Å². The maximum atomic E-state index is 3.48. The molecule has 0 bridgehead atoms. The fourth-order valence-corrected chi connectivity index (χ4v) is 2.86. The molecule has 88 valence electrons. The Kier molecular flexibility index (Phi) is 4.42. The van der Waals surface area contributed by atoms with Crippen LogP contribution in [-0.4, -0.2) is 17.5 Å². The molecule has 1 aliphatic rings. The summed E-state index contributed by atoms with van der Waals surface area (Å²) < 4.78 is 1.17. The van der Waals surface area contributed by atoms with Crippen LogP contribution in [0.1, 0.15) is 38.2 Å². The molecule has 1 aromatic rings. The Morgan fingerprint density at radius 1 is 1.19 bits per heavy atom. The van der Waals surface area contributed by atoms with Crippen molar-refractivity contribution in [2.45, 2.75) is 45.2 Å². The van der Waals surface area contributed by atoms with Crippen molar-refractivity contribution in [3.63, 3.8) is 0 Å². The van der Waals surface area contributed by atoms with Gasteiger partial charge in [-0.1, -0.05) is 47.8 Å². The van der Waals surface area contributed by atoms with Gasteiger partial charge in [-0.05, 0) is 37.1 Å². The molecule has 16 heavy (non-hydrogen) atoms. The van der Waals surface area contributed by atoms with Gasteiger partial charge in [-0.15, -0.1) is 0 Å². The van der Waals surface area contributed by atoms with E-state index in [1.54, 1.807) is 0 Å². The second-order valence-corrected chi connectivity index (χ2v) is 5.54. The third kappa shape index (κ3) is 3.08. The number of benzene rings is 1. The van der Waals surface area contributed by atoms with Gasteiger partial charge in [-0.25, -0.2) is 0 Å². The van der Waals surface area contributed by atoms with Gasteiger partial charge in [0.2, 0.25) is 0 Å². The van der Waals surface area contributed by atoms with Gasteiger partial charge in [0.05, 0.1) is 0 Å². The predicted molar refractivity (Wildman–Crippen MR) is 72.5 cm³/mol. The van der Waals surface area contributed by atoms with E-state index in [9.17, 15) is 0 Å². The SMILES string of the molecule is CCN(Cc1ccc(Br)cc1)C1CCCC1. The molecule has 0 radical (unpaired) electrons. The largest absolute Gasteiger partial charge is 0.296 e. The molecule has 0 unspecified atom stereocenters. The van der Waals surface area contributed by atoms with Gasteiger partial charge in [-0.2, -0.15) is 0 Å². The zero-order valence-electron chi connectivity index (χ0n) is 9.95. The molecule has 0 amide bonds. The van der Waals surface area contributed by atoms with Crippen LogP contribution in [0.2, 0.25) is 0 Å². The summed E-state index contributed by atoms with van der Waals surface area (Å²) >= 11 is 3.48. The van der Waals surface area contributed by atoms with Crippen LogP contribution in [0.15, 0.2) is 28.7 Å². The van der Waals surface area contributed by atoms with Gasteiger partial charge < -0.3 is 0 Å². The molecule has 2 heteroatoms. The highest BCUT2D eigenvalue weighted by Gasteiger charge is 2.20. The van der Waals surface area contributed by atoms with Crippen LogP contribution in [0.5, 0.6) is 0 Å². The molecule has 0 N–H and O–H groups in total. The Bertz CT molecular complexity index is 314. The zero-order chi connectivity index (χ0) is 11.4. The smallest absolute Gasteiger partial charge is 0.0236 e. The second kappa shape index (κ2) is 5.83. The van der Waals surface area contributed by atoms with E-state index in [1.165, 1.54) is 42.3 Å². The number of halogens is 1. The van der Waals surface area contributed by atoms with Crippen molar-refractivity contribution in [1.82, 2.24) is 4.90 Å². The molecule has 0 aliphatic heterocycles. The first-order valence-electron chi connectivity index (χ1n) is 6.28. The van der Waals surface area contributed by atoms with Gasteiger partial charge in [0.1, 0.15) is 0 Å². The van der Waals surface area contributed by atoms with Gasteiger partial charge in [0.25, 0.3) is 0 Å². The van der Waals surface area contributed by atoms with E-state index in [1.807, 2.05) is 0 Å². The van der Waals surface area contributed by atoms with Gasteiger partial charge in [0, 0.05) is 17.1 Å². The fraction of sp³-hybridized carbons (Fsp3) is 0.571. The third-order valence-electron chi connectivity index (χ3n) is 3.55. The Balaban J connectivity index is 1.97. The molecule has 2 rings (SSSR count). The lowest BCUT2D eigenvalue weighted by Crippen LogP contribution is -2.32. The minimum atomic E-state index is 0.827. The minimum Gasteiger partial charge on any atom is -0.296 e. The average molecular weight is 282 g/mol. The average Bonchev–Trinajstić information content (AvgIpc) is 2.82. The highest BCUT2D eigenvalue weighted by atomic mass is 79.9. The topological polar surface area (TPSA) is 3.24 Å². The molecule has 0 spiro atoms. The Morgan fingerprint density at radius 3 is 2.38 bits per heavy atom. The van der Waals surface area contributed by atoms with Crippen LogP contribution >= 0.6 is 15.9 Å². The summed E-state index contributed by atoms with van der Waals surface area (Å²) in [6.45, 7) is 4.55. The van der Waals surface area contributed by atoms with Crippen LogP contribution in [0.25, 0.3) is 0 Å². The molecular formula is C14H20BrN. The highest BCUT2D eigenvalue weighted by Crippen LogP contribution is 2.24. The summed E-state index contributed by atoms with van der Waals surface area (Å²) in [6.07, 6.45) is 5.62. The molecule has 1 fully saturated rings. The molecule has 1 saturated carbocycles. The van der Waals surface area contributed by atoms with Gasteiger partial charge >= 0.3 is 0 Å².